The standard InChI is InChI=1S/C18H36N2O6.C6H4O2.K/c1-7-21-13-14-24-10-4-20-5-11-25-17-15-22-8-2-19(1)3-9-23-16-18-26-12-6-20;7-5-1-2-6(8)4-3-5;/h1-18H2;1-4H;/q;;+1/p+2. The van der Waals surface area contributed by atoms with E-state index in [1.54, 1.807) is 0 Å². The van der Waals surface area contributed by atoms with Crippen LogP contribution in [0.25, 0.3) is 0 Å². The molecule has 4 rings (SSSR count). The van der Waals surface area contributed by atoms with E-state index in [9.17, 15) is 9.59 Å². The molecular formula is C24H42KN2O8+3. The van der Waals surface area contributed by atoms with Gasteiger partial charge in [-0.2, -0.15) is 0 Å². The van der Waals surface area contributed by atoms with E-state index in [0.29, 0.717) is 39.6 Å². The molecule has 0 spiro atoms. The second-order valence-corrected chi connectivity index (χ2v) is 8.15. The third-order valence-corrected chi connectivity index (χ3v) is 5.54. The topological polar surface area (TPSA) is 98.4 Å². The van der Waals surface area contributed by atoms with Crippen LogP contribution in [0.4, 0.5) is 0 Å². The molecule has 3 heterocycles. The quantitative estimate of drug-likeness (QED) is 0.239. The fourth-order valence-electron chi connectivity index (χ4n) is 3.45. The zero-order chi connectivity index (χ0) is 24.1. The van der Waals surface area contributed by atoms with Crippen LogP contribution < -0.4 is 61.2 Å². The van der Waals surface area contributed by atoms with Crippen molar-refractivity contribution in [1.29, 1.82) is 0 Å². The molecule has 0 saturated carbocycles. The molecule has 0 atom stereocenters. The Balaban J connectivity index is 0.000000577. The van der Waals surface area contributed by atoms with Crippen molar-refractivity contribution in [3.8, 4) is 0 Å². The van der Waals surface area contributed by atoms with Crippen LogP contribution in [-0.2, 0) is 38.0 Å². The average molecular weight is 526 g/mol. The molecule has 1 aliphatic carbocycles. The number of ether oxygens (including phenoxy) is 6. The summed E-state index contributed by atoms with van der Waals surface area (Å²) in [6, 6.07) is 0. The van der Waals surface area contributed by atoms with Gasteiger partial charge in [-0.1, -0.05) is 0 Å². The van der Waals surface area contributed by atoms with Crippen molar-refractivity contribution in [2.24, 2.45) is 0 Å². The van der Waals surface area contributed by atoms with Gasteiger partial charge in [-0.25, -0.2) is 0 Å². The van der Waals surface area contributed by atoms with Gasteiger partial charge >= 0.3 is 51.4 Å². The SMILES string of the molecule is C1COCC[NH+]2CCOCCOCC[NH+](CCO1)CCOCCOCC2.O=C1C=CC(=O)C=C1.[K+]. The van der Waals surface area contributed by atoms with E-state index in [1.807, 2.05) is 0 Å². The second-order valence-electron chi connectivity index (χ2n) is 8.15. The van der Waals surface area contributed by atoms with Crippen LogP contribution in [0.3, 0.4) is 0 Å². The van der Waals surface area contributed by atoms with Crippen molar-refractivity contribution in [3.05, 3.63) is 24.3 Å². The normalized spacial score (nSPS) is 26.6. The largest absolute Gasteiger partial charge is 1.00 e. The summed E-state index contributed by atoms with van der Waals surface area (Å²) >= 11 is 0. The third kappa shape index (κ3) is 18.9. The molecule has 10 nitrogen and oxygen atoms in total. The maximum absolute atomic E-state index is 10.3. The van der Waals surface area contributed by atoms with Gasteiger partial charge in [-0.15, -0.1) is 0 Å². The Morgan fingerprint density at radius 2 is 0.600 bits per heavy atom. The molecule has 2 bridgehead atoms. The summed E-state index contributed by atoms with van der Waals surface area (Å²) < 4.78 is 34.4. The van der Waals surface area contributed by atoms with E-state index in [2.05, 4.69) is 0 Å². The molecule has 0 aromatic carbocycles. The fourth-order valence-corrected chi connectivity index (χ4v) is 3.45. The molecule has 3 fully saturated rings. The first kappa shape index (κ1) is 33.2. The van der Waals surface area contributed by atoms with Gasteiger partial charge in [-0.3, -0.25) is 9.59 Å². The number of allylic oxidation sites excluding steroid dienone is 4. The number of ketones is 2. The molecular weight excluding hydrogens is 483 g/mol. The van der Waals surface area contributed by atoms with Gasteiger partial charge in [0, 0.05) is 0 Å². The van der Waals surface area contributed by atoms with Crippen LogP contribution in [0.15, 0.2) is 24.3 Å². The van der Waals surface area contributed by atoms with Crippen molar-refractivity contribution in [2.75, 3.05) is 119 Å². The van der Waals surface area contributed by atoms with Crippen molar-refractivity contribution >= 4 is 11.6 Å². The number of hydrogen-bond donors (Lipinski definition) is 2. The molecule has 3 aliphatic heterocycles. The van der Waals surface area contributed by atoms with Crippen LogP contribution in [0.2, 0.25) is 0 Å². The Morgan fingerprint density at radius 3 is 0.800 bits per heavy atom. The monoisotopic (exact) mass is 525 g/mol. The van der Waals surface area contributed by atoms with Crippen molar-refractivity contribution in [3.63, 3.8) is 0 Å². The van der Waals surface area contributed by atoms with Crippen LogP contribution in [0.5, 0.6) is 0 Å². The van der Waals surface area contributed by atoms with Crippen LogP contribution in [0, 0.1) is 0 Å². The predicted molar refractivity (Wildman–Crippen MR) is 124 cm³/mol. The minimum atomic E-state index is -0.121. The van der Waals surface area contributed by atoms with Gasteiger partial charge in [0.05, 0.1) is 79.3 Å². The Labute approximate surface area is 251 Å². The molecule has 0 aromatic heterocycles. The van der Waals surface area contributed by atoms with E-state index in [4.69, 9.17) is 28.4 Å². The van der Waals surface area contributed by atoms with Gasteiger partial charge in [0.25, 0.3) is 0 Å². The molecule has 0 amide bonds. The zero-order valence-corrected chi connectivity index (χ0v) is 24.4. The van der Waals surface area contributed by atoms with Crippen LogP contribution >= 0.6 is 0 Å². The molecule has 194 valence electrons. The predicted octanol–water partition coefficient (Wildman–Crippen LogP) is -5.86. The summed E-state index contributed by atoms with van der Waals surface area (Å²) in [6.07, 6.45) is 5.01. The minimum Gasteiger partial charge on any atom is -0.373 e. The fraction of sp³-hybridized carbons (Fsp3) is 0.750. The number of hydrogen-bond acceptors (Lipinski definition) is 8. The minimum absolute atomic E-state index is 0. The summed E-state index contributed by atoms with van der Waals surface area (Å²) in [6.45, 7) is 14.1. The van der Waals surface area contributed by atoms with Crippen molar-refractivity contribution in [1.82, 2.24) is 0 Å². The molecule has 2 N–H and O–H groups in total. The summed E-state index contributed by atoms with van der Waals surface area (Å²) in [4.78, 5) is 23.4. The van der Waals surface area contributed by atoms with Crippen molar-refractivity contribution in [2.45, 2.75) is 0 Å². The Hall–Kier alpha value is 0.136. The Morgan fingerprint density at radius 1 is 0.400 bits per heavy atom. The molecule has 3 saturated heterocycles. The molecule has 0 aromatic rings. The smallest absolute Gasteiger partial charge is 0.373 e. The van der Waals surface area contributed by atoms with Gasteiger partial charge in [0.2, 0.25) is 0 Å². The summed E-state index contributed by atoms with van der Waals surface area (Å²) in [5.41, 5.74) is 0. The van der Waals surface area contributed by atoms with Gasteiger partial charge in [0.1, 0.15) is 39.3 Å². The maximum Gasteiger partial charge on any atom is 1.00 e. The first-order valence-electron chi connectivity index (χ1n) is 12.3. The van der Waals surface area contributed by atoms with E-state index in [-0.39, 0.29) is 63.0 Å². The third-order valence-electron chi connectivity index (χ3n) is 5.54. The number of rotatable bonds is 0. The summed E-state index contributed by atoms with van der Waals surface area (Å²) in [5, 5.41) is 0. The van der Waals surface area contributed by atoms with Crippen LogP contribution in [0.1, 0.15) is 0 Å². The molecule has 0 unspecified atom stereocenters. The second kappa shape index (κ2) is 23.3. The van der Waals surface area contributed by atoms with Gasteiger partial charge in [0.15, 0.2) is 11.6 Å². The number of fused-ring (bicyclic) bond motifs is 21. The number of carbonyl (C=O) groups is 2. The van der Waals surface area contributed by atoms with Gasteiger partial charge < -0.3 is 38.2 Å². The zero-order valence-electron chi connectivity index (χ0n) is 21.3. The van der Waals surface area contributed by atoms with E-state index in [1.165, 1.54) is 34.1 Å². The molecule has 11 heteroatoms. The molecule has 4 aliphatic rings. The van der Waals surface area contributed by atoms with Crippen molar-refractivity contribution < 1.29 is 99.2 Å². The van der Waals surface area contributed by atoms with E-state index in [0.717, 1.165) is 78.9 Å². The molecule has 0 radical (unpaired) electrons. The first-order valence-corrected chi connectivity index (χ1v) is 12.3. The maximum atomic E-state index is 10.3. The van der Waals surface area contributed by atoms with Crippen LogP contribution in [-0.4, -0.2) is 130 Å². The Kier molecular flexibility index (Phi) is 22.0. The summed E-state index contributed by atoms with van der Waals surface area (Å²) in [5.74, 6) is -0.241. The van der Waals surface area contributed by atoms with E-state index < -0.39 is 0 Å². The number of quaternary nitrogens is 2. The molecule has 35 heavy (non-hydrogen) atoms. The Bertz CT molecular complexity index is 505. The number of nitrogens with one attached hydrogen (secondary N) is 2. The number of carbonyl (C=O) groups excluding carboxylic acids is 2. The summed E-state index contributed by atoms with van der Waals surface area (Å²) in [7, 11) is 0. The van der Waals surface area contributed by atoms with E-state index >= 15 is 0 Å². The average Bonchev–Trinajstić information content (AvgIpc) is 2.84. The van der Waals surface area contributed by atoms with Gasteiger partial charge in [-0.05, 0) is 24.3 Å². The first-order chi connectivity index (χ1) is 16.7.